The van der Waals surface area contributed by atoms with Crippen LogP contribution in [0.3, 0.4) is 0 Å². The molecular formula is C25H29N3O4. The Hall–Kier alpha value is -3.03. The molecule has 2 aliphatic rings. The molecule has 32 heavy (non-hydrogen) atoms. The molecule has 2 saturated heterocycles. The summed E-state index contributed by atoms with van der Waals surface area (Å²) in [5, 5.41) is 3.42. The van der Waals surface area contributed by atoms with Crippen LogP contribution in [0.1, 0.15) is 42.1 Å². The second-order valence-electron chi connectivity index (χ2n) is 8.29. The van der Waals surface area contributed by atoms with Crippen LogP contribution in [0.25, 0.3) is 0 Å². The predicted octanol–water partition coefficient (Wildman–Crippen LogP) is 2.75. The number of esters is 1. The summed E-state index contributed by atoms with van der Waals surface area (Å²) >= 11 is 0. The zero-order chi connectivity index (χ0) is 22.5. The van der Waals surface area contributed by atoms with Crippen LogP contribution in [0, 0.1) is 0 Å². The minimum Gasteiger partial charge on any atom is -0.462 e. The molecule has 2 aliphatic heterocycles. The van der Waals surface area contributed by atoms with Crippen LogP contribution in [0.2, 0.25) is 0 Å². The first-order valence-electron chi connectivity index (χ1n) is 11.2. The fraction of sp³-hybridized carbons (Fsp3) is 0.400. The Balaban J connectivity index is 1.31. The number of carbonyl (C=O) groups excluding carboxylic acids is 3. The molecule has 0 bridgehead atoms. The number of nitrogens with one attached hydrogen (secondary N) is 1. The molecule has 0 aromatic heterocycles. The molecule has 7 heteroatoms. The highest BCUT2D eigenvalue weighted by Gasteiger charge is 2.40. The number of likely N-dealkylation sites (tertiary alicyclic amines) is 1. The summed E-state index contributed by atoms with van der Waals surface area (Å²) in [7, 11) is 0. The van der Waals surface area contributed by atoms with Crippen LogP contribution in [0.5, 0.6) is 0 Å². The van der Waals surface area contributed by atoms with E-state index in [0.717, 1.165) is 32.5 Å². The molecule has 0 aliphatic carbocycles. The van der Waals surface area contributed by atoms with Crippen molar-refractivity contribution in [3.8, 4) is 0 Å². The quantitative estimate of drug-likeness (QED) is 0.532. The lowest BCUT2D eigenvalue weighted by molar-refractivity contribution is -0.121. The molecule has 0 unspecified atom stereocenters. The molecule has 0 saturated carbocycles. The van der Waals surface area contributed by atoms with Crippen molar-refractivity contribution in [3.05, 3.63) is 65.7 Å². The second kappa shape index (κ2) is 10.1. The van der Waals surface area contributed by atoms with Gasteiger partial charge in [-0.1, -0.05) is 30.3 Å². The van der Waals surface area contributed by atoms with E-state index in [1.54, 1.807) is 31.2 Å². The van der Waals surface area contributed by atoms with Crippen molar-refractivity contribution in [2.75, 3.05) is 24.6 Å². The average molecular weight is 436 g/mol. The highest BCUT2D eigenvalue weighted by molar-refractivity contribution is 6.22. The maximum absolute atomic E-state index is 13.0. The summed E-state index contributed by atoms with van der Waals surface area (Å²) in [6, 6.07) is 16.5. The van der Waals surface area contributed by atoms with Gasteiger partial charge in [-0.25, -0.2) is 9.69 Å². The van der Waals surface area contributed by atoms with E-state index in [9.17, 15) is 14.4 Å². The molecule has 2 aromatic rings. The molecule has 2 aromatic carbocycles. The van der Waals surface area contributed by atoms with E-state index in [1.807, 2.05) is 6.07 Å². The molecule has 1 atom stereocenters. The van der Waals surface area contributed by atoms with Crippen LogP contribution in [0.4, 0.5) is 5.69 Å². The fourth-order valence-electron chi connectivity index (χ4n) is 4.38. The molecule has 2 heterocycles. The van der Waals surface area contributed by atoms with Gasteiger partial charge in [0, 0.05) is 12.6 Å². The Kier molecular flexibility index (Phi) is 6.97. The number of piperidine rings is 1. The lowest BCUT2D eigenvalue weighted by Crippen LogP contribution is -2.48. The number of benzene rings is 2. The first-order valence-corrected chi connectivity index (χ1v) is 11.2. The zero-order valence-electron chi connectivity index (χ0n) is 18.3. The van der Waals surface area contributed by atoms with Crippen LogP contribution in [-0.2, 0) is 20.9 Å². The van der Waals surface area contributed by atoms with Gasteiger partial charge >= 0.3 is 5.97 Å². The zero-order valence-corrected chi connectivity index (χ0v) is 18.3. The highest BCUT2D eigenvalue weighted by Crippen LogP contribution is 2.25. The molecule has 2 amide bonds. The summed E-state index contributed by atoms with van der Waals surface area (Å²) in [5.74, 6) is -0.875. The van der Waals surface area contributed by atoms with Crippen molar-refractivity contribution in [3.63, 3.8) is 0 Å². The number of anilines is 1. The second-order valence-corrected chi connectivity index (χ2v) is 8.29. The number of hydrogen-bond donors (Lipinski definition) is 1. The maximum Gasteiger partial charge on any atom is 0.338 e. The van der Waals surface area contributed by atoms with Gasteiger partial charge in [0.15, 0.2) is 0 Å². The maximum atomic E-state index is 13.0. The summed E-state index contributed by atoms with van der Waals surface area (Å²) in [4.78, 5) is 41.0. The van der Waals surface area contributed by atoms with Crippen molar-refractivity contribution >= 4 is 23.5 Å². The van der Waals surface area contributed by atoms with Gasteiger partial charge in [0.2, 0.25) is 5.91 Å². The fourth-order valence-corrected chi connectivity index (χ4v) is 4.38. The van der Waals surface area contributed by atoms with Crippen molar-refractivity contribution in [1.82, 2.24) is 10.2 Å². The standard InChI is InChI=1S/C25H29N3O4/c1-2-32-25(31)19-8-10-21(11-9-19)28-23(29)16-22(24(28)30)26-20-12-14-27(15-13-20)17-18-6-4-3-5-7-18/h3-11,20,22,26H,2,12-17H2,1H3/t22-/m1/s1. The van der Waals surface area contributed by atoms with Gasteiger partial charge in [-0.15, -0.1) is 0 Å². The topological polar surface area (TPSA) is 79.0 Å². The third kappa shape index (κ3) is 5.06. The molecule has 7 nitrogen and oxygen atoms in total. The van der Waals surface area contributed by atoms with Crippen LogP contribution >= 0.6 is 0 Å². The van der Waals surface area contributed by atoms with Gasteiger partial charge < -0.3 is 10.1 Å². The van der Waals surface area contributed by atoms with Crippen LogP contribution in [-0.4, -0.2) is 54.5 Å². The third-order valence-corrected chi connectivity index (χ3v) is 6.06. The number of ether oxygens (including phenoxy) is 1. The van der Waals surface area contributed by atoms with E-state index in [4.69, 9.17) is 4.74 Å². The summed E-state index contributed by atoms with van der Waals surface area (Å²) in [5.41, 5.74) is 2.18. The molecule has 0 spiro atoms. The highest BCUT2D eigenvalue weighted by atomic mass is 16.5. The Bertz CT molecular complexity index is 953. The van der Waals surface area contributed by atoms with Crippen molar-refractivity contribution < 1.29 is 19.1 Å². The summed E-state index contributed by atoms with van der Waals surface area (Å²) in [6.45, 7) is 4.89. The minimum absolute atomic E-state index is 0.155. The Morgan fingerprint density at radius 3 is 2.38 bits per heavy atom. The van der Waals surface area contributed by atoms with Gasteiger partial charge in [0.1, 0.15) is 0 Å². The first kappa shape index (κ1) is 22.2. The SMILES string of the molecule is CCOC(=O)c1ccc(N2C(=O)C[C@@H](NC3CCN(Cc4ccccc4)CC3)C2=O)cc1. The molecular weight excluding hydrogens is 406 g/mol. The molecule has 1 N–H and O–H groups in total. The molecule has 4 rings (SSSR count). The van der Waals surface area contributed by atoms with Gasteiger partial charge in [-0.3, -0.25) is 14.5 Å². The van der Waals surface area contributed by atoms with E-state index in [0.29, 0.717) is 17.9 Å². The van der Waals surface area contributed by atoms with Crippen molar-refractivity contribution in [1.29, 1.82) is 0 Å². The number of carbonyl (C=O) groups is 3. The lowest BCUT2D eigenvalue weighted by Gasteiger charge is -2.33. The van der Waals surface area contributed by atoms with Crippen molar-refractivity contribution in [2.24, 2.45) is 0 Å². The van der Waals surface area contributed by atoms with E-state index in [2.05, 4.69) is 34.5 Å². The van der Waals surface area contributed by atoms with Gasteiger partial charge in [-0.2, -0.15) is 0 Å². The average Bonchev–Trinajstić information content (AvgIpc) is 3.09. The molecule has 168 valence electrons. The number of imide groups is 1. The van der Waals surface area contributed by atoms with Crippen molar-refractivity contribution in [2.45, 2.75) is 44.8 Å². The lowest BCUT2D eigenvalue weighted by atomic mass is 10.0. The van der Waals surface area contributed by atoms with Crippen LogP contribution < -0.4 is 10.2 Å². The van der Waals surface area contributed by atoms with Crippen LogP contribution in [0.15, 0.2) is 54.6 Å². The normalized spacial score (nSPS) is 20.0. The minimum atomic E-state index is -0.502. The summed E-state index contributed by atoms with van der Waals surface area (Å²) in [6.07, 6.45) is 2.04. The number of hydrogen-bond acceptors (Lipinski definition) is 6. The van der Waals surface area contributed by atoms with Gasteiger partial charge in [-0.05, 0) is 62.7 Å². The van der Waals surface area contributed by atoms with Gasteiger partial charge in [0.05, 0.1) is 30.3 Å². The number of nitrogens with zero attached hydrogens (tertiary/aromatic N) is 2. The smallest absolute Gasteiger partial charge is 0.338 e. The Labute approximate surface area is 188 Å². The van der Waals surface area contributed by atoms with E-state index in [-0.39, 0.29) is 24.3 Å². The third-order valence-electron chi connectivity index (χ3n) is 6.06. The van der Waals surface area contributed by atoms with Gasteiger partial charge in [0.25, 0.3) is 5.91 Å². The summed E-state index contributed by atoms with van der Waals surface area (Å²) < 4.78 is 4.98. The Morgan fingerprint density at radius 2 is 1.72 bits per heavy atom. The van der Waals surface area contributed by atoms with E-state index >= 15 is 0 Å². The number of amides is 2. The molecule has 2 fully saturated rings. The number of rotatable bonds is 7. The Morgan fingerprint density at radius 1 is 1.03 bits per heavy atom. The molecule has 0 radical (unpaired) electrons. The monoisotopic (exact) mass is 435 g/mol. The van der Waals surface area contributed by atoms with E-state index < -0.39 is 12.0 Å². The largest absolute Gasteiger partial charge is 0.462 e. The first-order chi connectivity index (χ1) is 15.5. The van der Waals surface area contributed by atoms with E-state index in [1.165, 1.54) is 10.5 Å². The predicted molar refractivity (Wildman–Crippen MR) is 121 cm³/mol.